The van der Waals surface area contributed by atoms with Crippen LogP contribution in [0, 0.1) is 5.92 Å². The summed E-state index contributed by atoms with van der Waals surface area (Å²) in [5.41, 5.74) is 2.04. The van der Waals surface area contributed by atoms with E-state index < -0.39 is 17.3 Å². The molecular weight excluding hydrogens is 364 g/mol. The largest absolute Gasteiger partial charge is 0.493 e. The van der Waals surface area contributed by atoms with E-state index in [2.05, 4.69) is 0 Å². The number of rotatable bonds is 5. The molecule has 3 unspecified atom stereocenters. The topological polar surface area (TPSA) is 83.5 Å². The predicted molar refractivity (Wildman–Crippen MR) is 100 cm³/mol. The maximum Gasteiger partial charge on any atom is 0.236 e. The quantitative estimate of drug-likeness (QED) is 0.767. The number of aryl methyl sites for hydroxylation is 1. The van der Waals surface area contributed by atoms with Crippen molar-refractivity contribution in [3.8, 4) is 17.2 Å². The van der Waals surface area contributed by atoms with Crippen molar-refractivity contribution in [2.75, 3.05) is 35.5 Å². The number of fused-ring (bicyclic) bond motifs is 1. The molecule has 152 valence electrons. The molecule has 1 spiro atoms. The van der Waals surface area contributed by atoms with Gasteiger partial charge in [0.15, 0.2) is 11.5 Å². The van der Waals surface area contributed by atoms with Crippen LogP contribution in [0.3, 0.4) is 0 Å². The molecule has 4 rings (SSSR count). The zero-order valence-corrected chi connectivity index (χ0v) is 16.8. The lowest BCUT2D eigenvalue weighted by Gasteiger charge is -2.37. The van der Waals surface area contributed by atoms with Crippen molar-refractivity contribution in [1.29, 1.82) is 0 Å². The molecule has 0 radical (unpaired) electrons. The maximum absolute atomic E-state index is 12.9. The summed E-state index contributed by atoms with van der Waals surface area (Å²) in [6.07, 6.45) is 2.52. The molecule has 1 aromatic carbocycles. The van der Waals surface area contributed by atoms with Gasteiger partial charge in [0.1, 0.15) is 0 Å². The minimum atomic E-state index is -1.37. The number of carbonyl (C=O) groups excluding carboxylic acids is 1. The van der Waals surface area contributed by atoms with Gasteiger partial charge in [-0.15, -0.1) is 0 Å². The molecule has 0 aromatic heterocycles. The molecule has 0 bridgehead atoms. The van der Waals surface area contributed by atoms with Crippen LogP contribution in [0.5, 0.6) is 17.2 Å². The molecule has 0 amide bonds. The minimum Gasteiger partial charge on any atom is -0.493 e. The summed E-state index contributed by atoms with van der Waals surface area (Å²) in [7, 11) is 7.69. The van der Waals surface area contributed by atoms with Crippen LogP contribution in [-0.4, -0.2) is 58.3 Å². The van der Waals surface area contributed by atoms with Crippen LogP contribution in [0.25, 0.3) is 0 Å². The molecule has 0 aliphatic heterocycles. The molecule has 28 heavy (non-hydrogen) atoms. The van der Waals surface area contributed by atoms with E-state index in [0.717, 1.165) is 11.1 Å². The van der Waals surface area contributed by atoms with Gasteiger partial charge in [0.05, 0.1) is 27.4 Å². The SMILES string of the molecule is COc1cc2c(c(OC)c1OC)C13CC1C(OC)(OC)C(=O)C=C3C(O)CC2. The van der Waals surface area contributed by atoms with E-state index >= 15 is 0 Å². The standard InChI is InChI=1S/C21H26O7/c1-24-14-8-11-6-7-13(22)12-9-16(23)21(27-4,28-5)15-10-20(12,15)17(11)19(26-3)18(14)25-2/h8-9,13,15,22H,6-7,10H2,1-5H3. The smallest absolute Gasteiger partial charge is 0.236 e. The number of methoxy groups -OCH3 is 5. The normalized spacial score (nSPS) is 29.6. The van der Waals surface area contributed by atoms with E-state index in [9.17, 15) is 9.90 Å². The van der Waals surface area contributed by atoms with Crippen LogP contribution in [0.4, 0.5) is 0 Å². The molecule has 0 heterocycles. The minimum absolute atomic E-state index is 0.263. The van der Waals surface area contributed by atoms with Gasteiger partial charge in [-0.2, -0.15) is 0 Å². The molecule has 1 saturated carbocycles. The fourth-order valence-electron chi connectivity index (χ4n) is 5.31. The van der Waals surface area contributed by atoms with Gasteiger partial charge in [0.2, 0.25) is 17.3 Å². The molecule has 7 nitrogen and oxygen atoms in total. The van der Waals surface area contributed by atoms with Crippen molar-refractivity contribution in [1.82, 2.24) is 0 Å². The number of aliphatic hydroxyl groups excluding tert-OH is 1. The van der Waals surface area contributed by atoms with E-state index in [1.165, 1.54) is 20.3 Å². The van der Waals surface area contributed by atoms with E-state index in [1.807, 2.05) is 6.07 Å². The van der Waals surface area contributed by atoms with Crippen molar-refractivity contribution < 1.29 is 33.6 Å². The van der Waals surface area contributed by atoms with Crippen LogP contribution in [0.1, 0.15) is 24.0 Å². The van der Waals surface area contributed by atoms with Crippen molar-refractivity contribution in [2.45, 2.75) is 36.6 Å². The molecule has 1 N–H and O–H groups in total. The third kappa shape index (κ3) is 2.18. The molecule has 7 heteroatoms. The summed E-state index contributed by atoms with van der Waals surface area (Å²) in [6, 6.07) is 1.94. The van der Waals surface area contributed by atoms with Gasteiger partial charge in [-0.1, -0.05) is 0 Å². The summed E-state index contributed by atoms with van der Waals surface area (Å²) >= 11 is 0. The highest BCUT2D eigenvalue weighted by molar-refractivity contribution is 6.00. The second kappa shape index (κ2) is 6.47. The van der Waals surface area contributed by atoms with Gasteiger partial charge in [-0.05, 0) is 42.5 Å². The van der Waals surface area contributed by atoms with Crippen molar-refractivity contribution in [2.24, 2.45) is 5.92 Å². The van der Waals surface area contributed by atoms with Gasteiger partial charge in [-0.3, -0.25) is 4.79 Å². The van der Waals surface area contributed by atoms with Gasteiger partial charge in [0, 0.05) is 31.1 Å². The highest BCUT2D eigenvalue weighted by Gasteiger charge is 2.74. The summed E-state index contributed by atoms with van der Waals surface area (Å²) in [6.45, 7) is 0. The van der Waals surface area contributed by atoms with Crippen molar-refractivity contribution in [3.05, 3.63) is 28.8 Å². The van der Waals surface area contributed by atoms with Gasteiger partial charge in [0.25, 0.3) is 0 Å². The van der Waals surface area contributed by atoms with Crippen LogP contribution < -0.4 is 14.2 Å². The first-order valence-electron chi connectivity index (χ1n) is 9.32. The molecular formula is C21H26O7. The van der Waals surface area contributed by atoms with E-state index in [1.54, 1.807) is 21.3 Å². The van der Waals surface area contributed by atoms with Crippen LogP contribution in [0.2, 0.25) is 0 Å². The molecule has 0 saturated heterocycles. The first kappa shape index (κ1) is 19.2. The highest BCUT2D eigenvalue weighted by Crippen LogP contribution is 2.71. The Kier molecular flexibility index (Phi) is 4.45. The average Bonchev–Trinajstić information content (AvgIpc) is 3.48. The Hall–Kier alpha value is -2.09. The van der Waals surface area contributed by atoms with Crippen LogP contribution in [0.15, 0.2) is 17.7 Å². The lowest BCUT2D eigenvalue weighted by molar-refractivity contribution is -0.216. The molecule has 3 aliphatic carbocycles. The Morgan fingerprint density at radius 2 is 1.71 bits per heavy atom. The zero-order valence-electron chi connectivity index (χ0n) is 16.8. The van der Waals surface area contributed by atoms with Crippen molar-refractivity contribution in [3.63, 3.8) is 0 Å². The Labute approximate surface area is 164 Å². The van der Waals surface area contributed by atoms with E-state index in [-0.39, 0.29) is 11.7 Å². The summed E-state index contributed by atoms with van der Waals surface area (Å²) in [5, 5.41) is 10.9. The number of ether oxygens (including phenoxy) is 5. The first-order chi connectivity index (χ1) is 13.4. The Bertz CT molecular complexity index is 855. The fraction of sp³-hybridized carbons (Fsp3) is 0.571. The number of ketones is 1. The number of benzene rings is 1. The first-order valence-corrected chi connectivity index (χ1v) is 9.32. The zero-order chi connectivity index (χ0) is 20.3. The number of hydrogen-bond donors (Lipinski definition) is 1. The predicted octanol–water partition coefficient (Wildman–Crippen LogP) is 1.78. The van der Waals surface area contributed by atoms with Gasteiger partial charge < -0.3 is 28.8 Å². The monoisotopic (exact) mass is 390 g/mol. The average molecular weight is 390 g/mol. The summed E-state index contributed by atoms with van der Waals surface area (Å²) < 4.78 is 28.1. The second-order valence-corrected chi connectivity index (χ2v) is 7.50. The Balaban J connectivity index is 2.04. The summed E-state index contributed by atoms with van der Waals surface area (Å²) in [5.74, 6) is -0.270. The lowest BCUT2D eigenvalue weighted by Crippen LogP contribution is -2.50. The maximum atomic E-state index is 12.9. The highest BCUT2D eigenvalue weighted by atomic mass is 16.7. The van der Waals surface area contributed by atoms with E-state index in [4.69, 9.17) is 23.7 Å². The molecule has 1 aromatic rings. The molecule has 3 atom stereocenters. The Morgan fingerprint density at radius 3 is 2.29 bits per heavy atom. The number of aliphatic hydroxyl groups is 1. The van der Waals surface area contributed by atoms with Gasteiger partial charge >= 0.3 is 0 Å². The van der Waals surface area contributed by atoms with E-state index in [0.29, 0.717) is 42.1 Å². The molecule has 1 fully saturated rings. The van der Waals surface area contributed by atoms with Crippen LogP contribution in [-0.2, 0) is 26.1 Å². The third-order valence-corrected chi connectivity index (χ3v) is 6.58. The third-order valence-electron chi connectivity index (χ3n) is 6.58. The van der Waals surface area contributed by atoms with Gasteiger partial charge in [-0.25, -0.2) is 0 Å². The fourth-order valence-corrected chi connectivity index (χ4v) is 5.31. The van der Waals surface area contributed by atoms with Crippen LogP contribution >= 0.6 is 0 Å². The molecule has 3 aliphatic rings. The number of carbonyl (C=O) groups is 1. The second-order valence-electron chi connectivity index (χ2n) is 7.50. The Morgan fingerprint density at radius 1 is 1.04 bits per heavy atom. The van der Waals surface area contributed by atoms with Crippen molar-refractivity contribution >= 4 is 5.78 Å². The summed E-state index contributed by atoms with van der Waals surface area (Å²) in [4.78, 5) is 12.9. The number of hydrogen-bond acceptors (Lipinski definition) is 7. The lowest BCUT2D eigenvalue weighted by atomic mass is 9.75.